The molecule has 0 aliphatic carbocycles. The molecule has 3 unspecified atom stereocenters. The molecule has 1 aliphatic rings. The zero-order valence-corrected chi connectivity index (χ0v) is 10.00. The molecule has 0 spiro atoms. The van der Waals surface area contributed by atoms with E-state index in [1.807, 2.05) is 0 Å². The molecule has 1 saturated heterocycles. The van der Waals surface area contributed by atoms with Crippen molar-refractivity contribution in [3.8, 4) is 0 Å². The Hall–Kier alpha value is -0.0800. The summed E-state index contributed by atoms with van der Waals surface area (Å²) in [5, 5.41) is 0. The molecule has 14 heavy (non-hydrogen) atoms. The quantitative estimate of drug-likeness (QED) is 0.749. The Kier molecular flexibility index (Phi) is 4.90. The van der Waals surface area contributed by atoms with Crippen molar-refractivity contribution in [3.05, 3.63) is 0 Å². The second-order valence-corrected chi connectivity index (χ2v) is 5.21. The van der Waals surface area contributed by atoms with Gasteiger partial charge in [-0.05, 0) is 24.7 Å². The number of hydrogen-bond acceptors (Lipinski definition) is 2. The van der Waals surface area contributed by atoms with Gasteiger partial charge < -0.3 is 10.6 Å². The van der Waals surface area contributed by atoms with Crippen molar-refractivity contribution in [2.75, 3.05) is 19.6 Å². The lowest BCUT2D eigenvalue weighted by Gasteiger charge is -2.36. The van der Waals surface area contributed by atoms with Crippen molar-refractivity contribution in [3.63, 3.8) is 0 Å². The summed E-state index contributed by atoms with van der Waals surface area (Å²) in [4.78, 5) is 2.55. The van der Waals surface area contributed by atoms with Crippen LogP contribution in [-0.2, 0) is 0 Å². The third kappa shape index (κ3) is 3.97. The first kappa shape index (κ1) is 12.0. The molecule has 84 valence electrons. The van der Waals surface area contributed by atoms with E-state index < -0.39 is 0 Å². The summed E-state index contributed by atoms with van der Waals surface area (Å²) in [6.07, 6.45) is 3.76. The highest BCUT2D eigenvalue weighted by Gasteiger charge is 2.22. The highest BCUT2D eigenvalue weighted by atomic mass is 15.1. The standard InChI is InChI=1S/C12H26N2/c1-4-5-12(13)9-14-7-10(2)6-11(3)8-14/h10-12H,4-9,13H2,1-3H3. The average Bonchev–Trinajstić information content (AvgIpc) is 2.01. The van der Waals surface area contributed by atoms with Gasteiger partial charge in [0.1, 0.15) is 0 Å². The Morgan fingerprint density at radius 3 is 2.36 bits per heavy atom. The Balaban J connectivity index is 2.29. The van der Waals surface area contributed by atoms with Gasteiger partial charge in [0, 0.05) is 25.7 Å². The van der Waals surface area contributed by atoms with Crippen LogP contribution in [0.15, 0.2) is 0 Å². The van der Waals surface area contributed by atoms with Crippen molar-refractivity contribution in [1.82, 2.24) is 4.90 Å². The third-order valence-corrected chi connectivity index (χ3v) is 3.10. The Bertz CT molecular complexity index is 148. The smallest absolute Gasteiger partial charge is 0.0167 e. The van der Waals surface area contributed by atoms with Crippen molar-refractivity contribution in [1.29, 1.82) is 0 Å². The van der Waals surface area contributed by atoms with Gasteiger partial charge >= 0.3 is 0 Å². The number of hydrogen-bond donors (Lipinski definition) is 1. The van der Waals surface area contributed by atoms with Crippen molar-refractivity contribution in [2.45, 2.75) is 46.1 Å². The minimum atomic E-state index is 0.387. The van der Waals surface area contributed by atoms with Gasteiger partial charge in [-0.25, -0.2) is 0 Å². The molecule has 3 atom stereocenters. The lowest BCUT2D eigenvalue weighted by Crippen LogP contribution is -2.44. The van der Waals surface area contributed by atoms with Gasteiger partial charge in [-0.1, -0.05) is 27.2 Å². The van der Waals surface area contributed by atoms with Crippen LogP contribution in [0.4, 0.5) is 0 Å². The minimum Gasteiger partial charge on any atom is -0.327 e. The molecule has 1 fully saturated rings. The zero-order valence-electron chi connectivity index (χ0n) is 10.00. The van der Waals surface area contributed by atoms with Crippen LogP contribution >= 0.6 is 0 Å². The first-order valence-electron chi connectivity index (χ1n) is 6.09. The maximum atomic E-state index is 6.06. The van der Waals surface area contributed by atoms with E-state index in [1.165, 1.54) is 32.4 Å². The minimum absolute atomic E-state index is 0.387. The summed E-state index contributed by atoms with van der Waals surface area (Å²) in [5.41, 5.74) is 6.06. The largest absolute Gasteiger partial charge is 0.327 e. The Morgan fingerprint density at radius 2 is 1.86 bits per heavy atom. The fourth-order valence-electron chi connectivity index (χ4n) is 2.73. The summed E-state index contributed by atoms with van der Waals surface area (Å²) >= 11 is 0. The summed E-state index contributed by atoms with van der Waals surface area (Å²) < 4.78 is 0. The first-order valence-corrected chi connectivity index (χ1v) is 6.09. The van der Waals surface area contributed by atoms with Gasteiger partial charge in [0.25, 0.3) is 0 Å². The van der Waals surface area contributed by atoms with Crippen LogP contribution in [0.5, 0.6) is 0 Å². The number of rotatable bonds is 4. The number of nitrogens with two attached hydrogens (primary N) is 1. The number of piperidine rings is 1. The first-order chi connectivity index (χ1) is 6.61. The van der Waals surface area contributed by atoms with E-state index in [4.69, 9.17) is 5.73 Å². The lowest BCUT2D eigenvalue weighted by molar-refractivity contribution is 0.132. The van der Waals surface area contributed by atoms with Crippen LogP contribution in [0, 0.1) is 11.8 Å². The molecule has 1 rings (SSSR count). The van der Waals surface area contributed by atoms with E-state index in [2.05, 4.69) is 25.7 Å². The number of likely N-dealkylation sites (tertiary alicyclic amines) is 1. The molecular weight excluding hydrogens is 172 g/mol. The topological polar surface area (TPSA) is 29.3 Å². The molecule has 1 aliphatic heterocycles. The molecule has 2 heteroatoms. The van der Waals surface area contributed by atoms with E-state index in [-0.39, 0.29) is 0 Å². The van der Waals surface area contributed by atoms with Crippen LogP contribution in [0.25, 0.3) is 0 Å². The normalized spacial score (nSPS) is 31.7. The van der Waals surface area contributed by atoms with Gasteiger partial charge in [-0.2, -0.15) is 0 Å². The monoisotopic (exact) mass is 198 g/mol. The van der Waals surface area contributed by atoms with E-state index >= 15 is 0 Å². The molecule has 0 aromatic carbocycles. The predicted octanol–water partition coefficient (Wildman–Crippen LogP) is 2.09. The van der Waals surface area contributed by atoms with Gasteiger partial charge in [-0.15, -0.1) is 0 Å². The molecule has 0 bridgehead atoms. The van der Waals surface area contributed by atoms with E-state index in [1.54, 1.807) is 0 Å². The predicted molar refractivity (Wildman–Crippen MR) is 62.3 cm³/mol. The summed E-state index contributed by atoms with van der Waals surface area (Å²) in [6, 6.07) is 0.387. The lowest BCUT2D eigenvalue weighted by atomic mass is 9.91. The van der Waals surface area contributed by atoms with Crippen LogP contribution < -0.4 is 5.73 Å². The summed E-state index contributed by atoms with van der Waals surface area (Å²) in [7, 11) is 0. The van der Waals surface area contributed by atoms with Crippen LogP contribution in [0.3, 0.4) is 0 Å². The van der Waals surface area contributed by atoms with E-state index in [0.717, 1.165) is 18.4 Å². The molecule has 0 saturated carbocycles. The highest BCUT2D eigenvalue weighted by molar-refractivity contribution is 4.77. The van der Waals surface area contributed by atoms with Gasteiger partial charge in [0.2, 0.25) is 0 Å². The van der Waals surface area contributed by atoms with Gasteiger partial charge in [0.15, 0.2) is 0 Å². The molecule has 0 aromatic heterocycles. The average molecular weight is 198 g/mol. The maximum absolute atomic E-state index is 6.06. The molecule has 0 aromatic rings. The van der Waals surface area contributed by atoms with Crippen molar-refractivity contribution in [2.24, 2.45) is 17.6 Å². The van der Waals surface area contributed by atoms with Gasteiger partial charge in [-0.3, -0.25) is 0 Å². The maximum Gasteiger partial charge on any atom is 0.0167 e. The molecule has 0 amide bonds. The van der Waals surface area contributed by atoms with Gasteiger partial charge in [0.05, 0.1) is 0 Å². The second-order valence-electron chi connectivity index (χ2n) is 5.21. The molecule has 0 radical (unpaired) electrons. The van der Waals surface area contributed by atoms with E-state index in [0.29, 0.717) is 6.04 Å². The fourth-order valence-corrected chi connectivity index (χ4v) is 2.73. The second kappa shape index (κ2) is 5.72. The SMILES string of the molecule is CCCC(N)CN1CC(C)CC(C)C1. The van der Waals surface area contributed by atoms with Crippen molar-refractivity contribution >= 4 is 0 Å². The summed E-state index contributed by atoms with van der Waals surface area (Å²) in [6.45, 7) is 10.5. The fraction of sp³-hybridized carbons (Fsp3) is 1.00. The Morgan fingerprint density at radius 1 is 1.29 bits per heavy atom. The third-order valence-electron chi connectivity index (χ3n) is 3.10. The van der Waals surface area contributed by atoms with Crippen LogP contribution in [0.1, 0.15) is 40.0 Å². The Labute approximate surface area is 88.8 Å². The van der Waals surface area contributed by atoms with Crippen molar-refractivity contribution < 1.29 is 0 Å². The van der Waals surface area contributed by atoms with E-state index in [9.17, 15) is 0 Å². The molecule has 1 heterocycles. The van der Waals surface area contributed by atoms with Crippen LogP contribution in [0.2, 0.25) is 0 Å². The van der Waals surface area contributed by atoms with Crippen LogP contribution in [-0.4, -0.2) is 30.6 Å². The summed E-state index contributed by atoms with van der Waals surface area (Å²) in [5.74, 6) is 1.71. The zero-order chi connectivity index (χ0) is 10.6. The number of nitrogens with zero attached hydrogens (tertiary/aromatic N) is 1. The highest BCUT2D eigenvalue weighted by Crippen LogP contribution is 2.20. The molecular formula is C12H26N2. The molecule has 2 nitrogen and oxygen atoms in total. The molecule has 2 N–H and O–H groups in total.